The standard InChI is InChI=1S/C17H25N3O2/c1-3-19-6-8-20(9-7-19)12-16(21)14-4-5-17-15(10-14)18-11-13(2)22-17/h4-5,10,13,18H,3,6-9,11-12H2,1-2H3. The molecule has 5 nitrogen and oxygen atoms in total. The molecule has 0 amide bonds. The second-order valence-corrected chi connectivity index (χ2v) is 6.15. The van der Waals surface area contributed by atoms with Gasteiger partial charge in [-0.1, -0.05) is 6.92 Å². The van der Waals surface area contributed by atoms with Crippen LogP contribution in [0.4, 0.5) is 5.69 Å². The summed E-state index contributed by atoms with van der Waals surface area (Å²) in [6, 6.07) is 5.70. The summed E-state index contributed by atoms with van der Waals surface area (Å²) in [5.74, 6) is 1.03. The number of carbonyl (C=O) groups excluding carboxylic acids is 1. The molecule has 1 saturated heterocycles. The molecular weight excluding hydrogens is 278 g/mol. The van der Waals surface area contributed by atoms with Crippen molar-refractivity contribution in [2.45, 2.75) is 20.0 Å². The second kappa shape index (κ2) is 6.67. The first-order valence-corrected chi connectivity index (χ1v) is 8.18. The highest BCUT2D eigenvalue weighted by atomic mass is 16.5. The molecule has 0 spiro atoms. The number of ketones is 1. The molecule has 0 bridgehead atoms. The Kier molecular flexibility index (Phi) is 4.64. The first-order chi connectivity index (χ1) is 10.7. The van der Waals surface area contributed by atoms with Crippen LogP contribution in [0.15, 0.2) is 18.2 Å². The Morgan fingerprint density at radius 2 is 2.00 bits per heavy atom. The Morgan fingerprint density at radius 1 is 1.27 bits per heavy atom. The molecule has 0 radical (unpaired) electrons. The molecule has 3 rings (SSSR count). The molecular formula is C17H25N3O2. The number of hydrogen-bond donors (Lipinski definition) is 1. The van der Waals surface area contributed by atoms with Gasteiger partial charge in [0.1, 0.15) is 11.9 Å². The minimum atomic E-state index is 0.170. The van der Waals surface area contributed by atoms with E-state index in [0.29, 0.717) is 6.54 Å². The zero-order valence-electron chi connectivity index (χ0n) is 13.5. The number of likely N-dealkylation sites (N-methyl/N-ethyl adjacent to an activating group) is 1. The van der Waals surface area contributed by atoms with Crippen LogP contribution in [0.1, 0.15) is 24.2 Å². The van der Waals surface area contributed by atoms with Crippen LogP contribution in [0.2, 0.25) is 0 Å². The van der Waals surface area contributed by atoms with Gasteiger partial charge in [-0.15, -0.1) is 0 Å². The largest absolute Gasteiger partial charge is 0.487 e. The lowest BCUT2D eigenvalue weighted by atomic mass is 10.1. The van der Waals surface area contributed by atoms with Gasteiger partial charge < -0.3 is 15.0 Å². The summed E-state index contributed by atoms with van der Waals surface area (Å²) in [4.78, 5) is 17.2. The number of nitrogens with one attached hydrogen (secondary N) is 1. The summed E-state index contributed by atoms with van der Waals surface area (Å²) in [6.07, 6.45) is 0.170. The van der Waals surface area contributed by atoms with E-state index >= 15 is 0 Å². The Morgan fingerprint density at radius 3 is 2.73 bits per heavy atom. The van der Waals surface area contributed by atoms with E-state index in [1.807, 2.05) is 25.1 Å². The van der Waals surface area contributed by atoms with Crippen molar-refractivity contribution in [3.05, 3.63) is 23.8 Å². The van der Waals surface area contributed by atoms with Gasteiger partial charge in [0.15, 0.2) is 5.78 Å². The Hall–Kier alpha value is -1.59. The number of nitrogens with zero attached hydrogens (tertiary/aromatic N) is 2. The SMILES string of the molecule is CCN1CCN(CC(=O)c2ccc3c(c2)NCC(C)O3)CC1. The number of fused-ring (bicyclic) bond motifs is 1. The molecule has 0 aliphatic carbocycles. The molecule has 1 aromatic rings. The summed E-state index contributed by atoms with van der Waals surface area (Å²) in [6.45, 7) is 10.7. The zero-order chi connectivity index (χ0) is 15.5. The Bertz CT molecular complexity index is 539. The fourth-order valence-electron chi connectivity index (χ4n) is 3.01. The number of carbonyl (C=O) groups is 1. The average Bonchev–Trinajstić information content (AvgIpc) is 2.55. The molecule has 2 aliphatic heterocycles. The van der Waals surface area contributed by atoms with E-state index in [9.17, 15) is 4.79 Å². The van der Waals surface area contributed by atoms with Gasteiger partial charge in [-0.25, -0.2) is 0 Å². The first-order valence-electron chi connectivity index (χ1n) is 8.18. The van der Waals surface area contributed by atoms with Crippen molar-refractivity contribution < 1.29 is 9.53 Å². The van der Waals surface area contributed by atoms with E-state index in [4.69, 9.17) is 4.74 Å². The number of Topliss-reactive ketones (excluding diaryl/α,β-unsaturated/α-hetero) is 1. The molecule has 1 unspecified atom stereocenters. The molecule has 5 heteroatoms. The third-order valence-electron chi connectivity index (χ3n) is 4.49. The first kappa shape index (κ1) is 15.3. The number of rotatable bonds is 4. The fourth-order valence-corrected chi connectivity index (χ4v) is 3.01. The van der Waals surface area contributed by atoms with E-state index < -0.39 is 0 Å². The van der Waals surface area contributed by atoms with Crippen LogP contribution in [0.25, 0.3) is 0 Å². The molecule has 1 aromatic carbocycles. The fraction of sp³-hybridized carbons (Fsp3) is 0.588. The topological polar surface area (TPSA) is 44.8 Å². The van der Waals surface area contributed by atoms with Gasteiger partial charge in [-0.2, -0.15) is 0 Å². The van der Waals surface area contributed by atoms with Crippen LogP contribution in [-0.2, 0) is 0 Å². The van der Waals surface area contributed by atoms with Crippen LogP contribution in [0.3, 0.4) is 0 Å². The van der Waals surface area contributed by atoms with Crippen molar-refractivity contribution in [1.82, 2.24) is 9.80 Å². The summed E-state index contributed by atoms with van der Waals surface area (Å²) in [5.41, 5.74) is 1.70. The second-order valence-electron chi connectivity index (χ2n) is 6.15. The lowest BCUT2D eigenvalue weighted by molar-refractivity contribution is 0.0859. The average molecular weight is 303 g/mol. The van der Waals surface area contributed by atoms with Gasteiger partial charge in [0, 0.05) is 31.7 Å². The smallest absolute Gasteiger partial charge is 0.176 e. The number of benzene rings is 1. The van der Waals surface area contributed by atoms with E-state index in [-0.39, 0.29) is 11.9 Å². The summed E-state index contributed by atoms with van der Waals surface area (Å²) in [5, 5.41) is 3.33. The summed E-state index contributed by atoms with van der Waals surface area (Å²) in [7, 11) is 0. The molecule has 0 saturated carbocycles. The predicted molar refractivity (Wildman–Crippen MR) is 87.9 cm³/mol. The number of anilines is 1. The van der Waals surface area contributed by atoms with Gasteiger partial charge in [-0.3, -0.25) is 9.69 Å². The van der Waals surface area contributed by atoms with Crippen LogP contribution in [-0.4, -0.2) is 67.5 Å². The van der Waals surface area contributed by atoms with Gasteiger partial charge >= 0.3 is 0 Å². The molecule has 2 aliphatic rings. The molecule has 2 heterocycles. The lowest BCUT2D eigenvalue weighted by Gasteiger charge is -2.33. The van der Waals surface area contributed by atoms with Crippen molar-refractivity contribution in [3.8, 4) is 5.75 Å². The van der Waals surface area contributed by atoms with E-state index in [0.717, 1.165) is 56.3 Å². The minimum absolute atomic E-state index is 0.170. The van der Waals surface area contributed by atoms with E-state index in [1.54, 1.807) is 0 Å². The quantitative estimate of drug-likeness (QED) is 0.858. The summed E-state index contributed by atoms with van der Waals surface area (Å²) < 4.78 is 5.75. The van der Waals surface area contributed by atoms with Crippen LogP contribution in [0, 0.1) is 0 Å². The molecule has 22 heavy (non-hydrogen) atoms. The lowest BCUT2D eigenvalue weighted by Crippen LogP contribution is -2.47. The van der Waals surface area contributed by atoms with Crippen LogP contribution in [0.5, 0.6) is 5.75 Å². The predicted octanol–water partition coefficient (Wildman–Crippen LogP) is 1.70. The van der Waals surface area contributed by atoms with Gasteiger partial charge in [-0.05, 0) is 31.7 Å². The van der Waals surface area contributed by atoms with Crippen molar-refractivity contribution in [2.24, 2.45) is 0 Å². The van der Waals surface area contributed by atoms with Crippen LogP contribution < -0.4 is 10.1 Å². The third-order valence-corrected chi connectivity index (χ3v) is 4.49. The molecule has 1 fully saturated rings. The van der Waals surface area contributed by atoms with Crippen molar-refractivity contribution in [1.29, 1.82) is 0 Å². The Labute approximate surface area is 132 Å². The third kappa shape index (κ3) is 3.42. The maximum Gasteiger partial charge on any atom is 0.176 e. The number of piperazine rings is 1. The van der Waals surface area contributed by atoms with Gasteiger partial charge in [0.05, 0.1) is 18.8 Å². The van der Waals surface area contributed by atoms with Crippen molar-refractivity contribution in [3.63, 3.8) is 0 Å². The van der Waals surface area contributed by atoms with E-state index in [1.165, 1.54) is 0 Å². The van der Waals surface area contributed by atoms with Crippen molar-refractivity contribution in [2.75, 3.05) is 51.1 Å². The molecule has 1 N–H and O–H groups in total. The van der Waals surface area contributed by atoms with Crippen molar-refractivity contribution >= 4 is 11.5 Å². The Balaban J connectivity index is 1.61. The number of hydrogen-bond acceptors (Lipinski definition) is 5. The maximum atomic E-state index is 12.5. The molecule has 120 valence electrons. The molecule has 0 aromatic heterocycles. The highest BCUT2D eigenvalue weighted by molar-refractivity contribution is 5.98. The normalized spacial score (nSPS) is 22.5. The van der Waals surface area contributed by atoms with Gasteiger partial charge in [0.2, 0.25) is 0 Å². The minimum Gasteiger partial charge on any atom is -0.487 e. The maximum absolute atomic E-state index is 12.5. The summed E-state index contributed by atoms with van der Waals surface area (Å²) >= 11 is 0. The molecule has 1 atom stereocenters. The highest BCUT2D eigenvalue weighted by Gasteiger charge is 2.20. The monoisotopic (exact) mass is 303 g/mol. The number of ether oxygens (including phenoxy) is 1. The van der Waals surface area contributed by atoms with Gasteiger partial charge in [0.25, 0.3) is 0 Å². The highest BCUT2D eigenvalue weighted by Crippen LogP contribution is 2.30. The van der Waals surface area contributed by atoms with E-state index in [2.05, 4.69) is 22.0 Å². The van der Waals surface area contributed by atoms with Crippen LogP contribution >= 0.6 is 0 Å². The zero-order valence-corrected chi connectivity index (χ0v) is 13.5.